The van der Waals surface area contributed by atoms with Gasteiger partial charge in [-0.25, -0.2) is 17.9 Å². The van der Waals surface area contributed by atoms with Gasteiger partial charge in [-0.2, -0.15) is 0 Å². The lowest BCUT2D eigenvalue weighted by Crippen LogP contribution is -2.23. The molecule has 0 aromatic heterocycles. The first-order valence-corrected chi connectivity index (χ1v) is 9.10. The van der Waals surface area contributed by atoms with Crippen LogP contribution >= 0.6 is 0 Å². The number of methoxy groups -OCH3 is 1. The van der Waals surface area contributed by atoms with Crippen molar-refractivity contribution in [2.45, 2.75) is 18.4 Å². The summed E-state index contributed by atoms with van der Waals surface area (Å²) in [6, 6.07) is 13.4. The Morgan fingerprint density at radius 2 is 1.84 bits per heavy atom. The minimum absolute atomic E-state index is 0.0102. The molecule has 0 radical (unpaired) electrons. The van der Waals surface area contributed by atoms with Crippen LogP contribution in [0, 0.1) is 0 Å². The maximum absolute atomic E-state index is 12.5. The number of hydrogen-bond acceptors (Lipinski definition) is 5. The molecule has 0 bridgehead atoms. The van der Waals surface area contributed by atoms with Gasteiger partial charge in [-0.1, -0.05) is 30.3 Å². The van der Waals surface area contributed by atoms with Crippen LogP contribution < -0.4 is 14.8 Å². The fourth-order valence-corrected chi connectivity index (χ4v) is 3.13. The van der Waals surface area contributed by atoms with E-state index in [1.54, 1.807) is 6.92 Å². The van der Waals surface area contributed by atoms with Gasteiger partial charge in [0, 0.05) is 6.54 Å². The molecule has 0 saturated carbocycles. The highest BCUT2D eigenvalue weighted by Gasteiger charge is 2.17. The van der Waals surface area contributed by atoms with Gasteiger partial charge >= 0.3 is 6.09 Å². The van der Waals surface area contributed by atoms with Crippen molar-refractivity contribution in [3.05, 3.63) is 54.1 Å². The molecule has 2 aromatic carbocycles. The summed E-state index contributed by atoms with van der Waals surface area (Å²) in [4.78, 5) is 11.6. The van der Waals surface area contributed by atoms with Crippen LogP contribution in [0.25, 0.3) is 0 Å². The zero-order valence-corrected chi connectivity index (χ0v) is 14.8. The summed E-state index contributed by atoms with van der Waals surface area (Å²) >= 11 is 0. The Bertz CT molecular complexity index is 822. The molecule has 0 spiro atoms. The van der Waals surface area contributed by atoms with Crippen molar-refractivity contribution in [3.8, 4) is 5.75 Å². The zero-order valence-electron chi connectivity index (χ0n) is 14.0. The molecule has 0 fully saturated rings. The van der Waals surface area contributed by atoms with Crippen LogP contribution in [-0.2, 0) is 21.3 Å². The van der Waals surface area contributed by atoms with Gasteiger partial charge in [0.25, 0.3) is 0 Å². The van der Waals surface area contributed by atoms with E-state index in [0.717, 1.165) is 5.56 Å². The number of sulfonamides is 1. The number of nitrogens with one attached hydrogen (secondary N) is 2. The molecule has 0 heterocycles. The number of rotatable bonds is 7. The van der Waals surface area contributed by atoms with Crippen LogP contribution in [0.4, 0.5) is 10.5 Å². The predicted octanol–water partition coefficient (Wildman–Crippen LogP) is 2.74. The molecule has 0 atom stereocenters. The molecule has 0 saturated heterocycles. The van der Waals surface area contributed by atoms with Crippen LogP contribution in [0.2, 0.25) is 0 Å². The quantitative estimate of drug-likeness (QED) is 0.788. The number of hydrogen-bond donors (Lipinski definition) is 2. The van der Waals surface area contributed by atoms with E-state index in [2.05, 4.69) is 10.0 Å². The van der Waals surface area contributed by atoms with Crippen molar-refractivity contribution in [2.75, 3.05) is 19.0 Å². The number of amides is 1. The molecule has 25 heavy (non-hydrogen) atoms. The van der Waals surface area contributed by atoms with Crippen molar-refractivity contribution in [3.63, 3.8) is 0 Å². The Labute approximate surface area is 147 Å². The van der Waals surface area contributed by atoms with Crippen LogP contribution in [-0.4, -0.2) is 28.2 Å². The summed E-state index contributed by atoms with van der Waals surface area (Å²) in [6.07, 6.45) is -0.687. The van der Waals surface area contributed by atoms with Gasteiger partial charge < -0.3 is 9.47 Å². The lowest BCUT2D eigenvalue weighted by Gasteiger charge is -2.13. The van der Waals surface area contributed by atoms with E-state index in [-0.39, 0.29) is 23.7 Å². The third-order valence-corrected chi connectivity index (χ3v) is 4.70. The van der Waals surface area contributed by atoms with E-state index < -0.39 is 16.1 Å². The van der Waals surface area contributed by atoms with E-state index in [9.17, 15) is 13.2 Å². The van der Waals surface area contributed by atoms with E-state index in [1.807, 2.05) is 30.3 Å². The maximum atomic E-state index is 12.5. The Balaban J connectivity index is 2.20. The minimum Gasteiger partial charge on any atom is -0.495 e. The summed E-state index contributed by atoms with van der Waals surface area (Å²) in [5, 5.41) is 2.47. The number of benzene rings is 2. The molecule has 0 aliphatic carbocycles. The molecule has 0 unspecified atom stereocenters. The Morgan fingerprint density at radius 3 is 2.48 bits per heavy atom. The number of anilines is 1. The number of ether oxygens (including phenoxy) is 2. The van der Waals surface area contributed by atoms with E-state index in [0.29, 0.717) is 5.75 Å². The SMILES string of the molecule is CCOC(=O)Nc1cc(S(=O)(=O)NCc2ccccc2)ccc1OC. The van der Waals surface area contributed by atoms with Crippen molar-refractivity contribution >= 4 is 21.8 Å². The fraction of sp³-hybridized carbons (Fsp3) is 0.235. The van der Waals surface area contributed by atoms with Crippen LogP contribution in [0.5, 0.6) is 5.75 Å². The Morgan fingerprint density at radius 1 is 1.12 bits per heavy atom. The van der Waals surface area contributed by atoms with E-state index in [1.165, 1.54) is 25.3 Å². The third kappa shape index (κ3) is 5.20. The first-order chi connectivity index (χ1) is 12.0. The molecule has 2 aromatic rings. The molecule has 0 aliphatic rings. The second-order valence-corrected chi connectivity index (χ2v) is 6.78. The van der Waals surface area contributed by atoms with Gasteiger partial charge in [0.15, 0.2) is 0 Å². The largest absolute Gasteiger partial charge is 0.495 e. The summed E-state index contributed by atoms with van der Waals surface area (Å²) < 4.78 is 37.4. The zero-order chi connectivity index (χ0) is 18.3. The summed E-state index contributed by atoms with van der Waals surface area (Å²) in [7, 11) is -2.33. The van der Waals surface area contributed by atoms with Gasteiger partial charge in [-0.15, -0.1) is 0 Å². The first-order valence-electron chi connectivity index (χ1n) is 7.61. The average Bonchev–Trinajstić information content (AvgIpc) is 2.61. The smallest absolute Gasteiger partial charge is 0.411 e. The third-order valence-electron chi connectivity index (χ3n) is 3.30. The highest BCUT2D eigenvalue weighted by atomic mass is 32.2. The van der Waals surface area contributed by atoms with E-state index >= 15 is 0 Å². The molecule has 1 amide bonds. The van der Waals surface area contributed by atoms with Crippen molar-refractivity contribution in [1.29, 1.82) is 0 Å². The molecule has 8 heteroatoms. The number of carbonyl (C=O) groups is 1. The van der Waals surface area contributed by atoms with Gasteiger partial charge in [0.05, 0.1) is 24.3 Å². The summed E-state index contributed by atoms with van der Waals surface area (Å²) in [5.74, 6) is 0.329. The second kappa shape index (κ2) is 8.50. The summed E-state index contributed by atoms with van der Waals surface area (Å²) in [6.45, 7) is 2.03. The average molecular weight is 364 g/mol. The van der Waals surface area contributed by atoms with E-state index in [4.69, 9.17) is 9.47 Å². The lowest BCUT2D eigenvalue weighted by atomic mass is 10.2. The molecular weight excluding hydrogens is 344 g/mol. The molecule has 134 valence electrons. The minimum atomic E-state index is -3.75. The topological polar surface area (TPSA) is 93.7 Å². The lowest BCUT2D eigenvalue weighted by molar-refractivity contribution is 0.168. The number of carbonyl (C=O) groups excluding carboxylic acids is 1. The van der Waals surface area contributed by atoms with Crippen LogP contribution in [0.15, 0.2) is 53.4 Å². The highest BCUT2D eigenvalue weighted by molar-refractivity contribution is 7.89. The van der Waals surface area contributed by atoms with Gasteiger partial charge in [0.1, 0.15) is 5.75 Å². The monoisotopic (exact) mass is 364 g/mol. The molecule has 2 N–H and O–H groups in total. The molecule has 0 aliphatic heterocycles. The second-order valence-electron chi connectivity index (χ2n) is 5.02. The first kappa shape index (κ1) is 18.8. The maximum Gasteiger partial charge on any atom is 0.411 e. The van der Waals surface area contributed by atoms with Crippen LogP contribution in [0.1, 0.15) is 12.5 Å². The van der Waals surface area contributed by atoms with Gasteiger partial charge in [0.2, 0.25) is 10.0 Å². The molecule has 7 nitrogen and oxygen atoms in total. The predicted molar refractivity (Wildman–Crippen MR) is 94.1 cm³/mol. The van der Waals surface area contributed by atoms with Crippen LogP contribution in [0.3, 0.4) is 0 Å². The normalized spacial score (nSPS) is 11.0. The standard InChI is InChI=1S/C17H20N2O5S/c1-3-24-17(20)19-15-11-14(9-10-16(15)23-2)25(21,22)18-12-13-7-5-4-6-8-13/h4-11,18H,3,12H2,1-2H3,(H,19,20). The van der Waals surface area contributed by atoms with Gasteiger partial charge in [-0.3, -0.25) is 5.32 Å². The summed E-state index contributed by atoms with van der Waals surface area (Å²) in [5.41, 5.74) is 1.05. The molecule has 2 rings (SSSR count). The van der Waals surface area contributed by atoms with Crippen molar-refractivity contribution < 1.29 is 22.7 Å². The van der Waals surface area contributed by atoms with Gasteiger partial charge in [-0.05, 0) is 30.7 Å². The fourth-order valence-electron chi connectivity index (χ4n) is 2.09. The Hall–Kier alpha value is -2.58. The Kier molecular flexibility index (Phi) is 6.37. The molecular formula is C17H20N2O5S. The van der Waals surface area contributed by atoms with Crippen molar-refractivity contribution in [2.24, 2.45) is 0 Å². The highest BCUT2D eigenvalue weighted by Crippen LogP contribution is 2.27. The van der Waals surface area contributed by atoms with Crippen molar-refractivity contribution in [1.82, 2.24) is 4.72 Å².